The van der Waals surface area contributed by atoms with Crippen LogP contribution in [0.4, 0.5) is 5.82 Å². The van der Waals surface area contributed by atoms with Gasteiger partial charge in [0, 0.05) is 38.6 Å². The summed E-state index contributed by atoms with van der Waals surface area (Å²) in [5.74, 6) is -2.04. The number of nitrogens with zero attached hydrogens (tertiary/aromatic N) is 3. The molecule has 5 N–H and O–H groups in total. The normalized spacial score (nSPS) is 38.2. The number of pyridine rings is 1. The maximum atomic E-state index is 14.4. The van der Waals surface area contributed by atoms with Crippen molar-refractivity contribution in [3.05, 3.63) is 53.8 Å². The Morgan fingerprint density at radius 2 is 1.75 bits per heavy atom. The molecule has 1 aromatic heterocycles. The van der Waals surface area contributed by atoms with Crippen molar-refractivity contribution in [3.63, 3.8) is 0 Å². The molecule has 1 aromatic rings. The number of likely N-dealkylation sites (N-methyl/N-ethyl adjacent to an activating group) is 1. The van der Waals surface area contributed by atoms with Gasteiger partial charge < -0.3 is 68.7 Å². The molecule has 16 atom stereocenters. The standard InChI is InChI=1S/C50H78N4O14/c1-10-39-34(26-63-40-19-18-38(56)48(60-8)49(40)61-9)23-29(2)16-17-37(55)30(3)24-33-20-22-62-27-36(53-65-21-12-14-35-13-11-15-42(51)52-35)28-64-41(25-43(57)67-39)31(4)47(33)68-50-46(59)44(54(6)7)45(58)32(5)66-50/h11-17,23,30-34,38-41,44-50,56,58-59H,10,18-22,24-28H2,1-9H3,(H2,51,52)/b14-12?,17-16+,29-23+,53-36+/t30-,31+,32-,33?,34-,38-,39-,40-,41-,44+,45-,46-,47-,48-,49+,50+/m1/s1. The van der Waals surface area contributed by atoms with Gasteiger partial charge >= 0.3 is 5.97 Å². The molecule has 0 radical (unpaired) electrons. The second-order valence-electron chi connectivity index (χ2n) is 18.9. The lowest BCUT2D eigenvalue weighted by Crippen LogP contribution is -2.63. The first-order chi connectivity index (χ1) is 32.5. The number of aromatic nitrogens is 1. The number of cyclic esters (lactones) is 1. The van der Waals surface area contributed by atoms with E-state index in [2.05, 4.69) is 10.1 Å². The van der Waals surface area contributed by atoms with Crippen LogP contribution in [-0.4, -0.2) is 177 Å². The van der Waals surface area contributed by atoms with Crippen LogP contribution in [0, 0.1) is 23.7 Å². The molecule has 1 saturated carbocycles. The number of esters is 1. The number of ether oxygens (including phenoxy) is 8. The van der Waals surface area contributed by atoms with Crippen LogP contribution >= 0.6 is 0 Å². The first-order valence-corrected chi connectivity index (χ1v) is 24.1. The molecule has 18 heteroatoms. The van der Waals surface area contributed by atoms with E-state index in [4.69, 9.17) is 48.5 Å². The van der Waals surface area contributed by atoms with Gasteiger partial charge in [-0.15, -0.1) is 0 Å². The third-order valence-corrected chi connectivity index (χ3v) is 13.6. The molecular formula is C50H78N4O14. The van der Waals surface area contributed by atoms with Crippen LogP contribution in [0.3, 0.4) is 0 Å². The van der Waals surface area contributed by atoms with Gasteiger partial charge in [-0.2, -0.15) is 0 Å². The van der Waals surface area contributed by atoms with E-state index in [1.54, 1.807) is 63.4 Å². The lowest BCUT2D eigenvalue weighted by atomic mass is 9.79. The fraction of sp³-hybridized carbons (Fsp3) is 0.720. The van der Waals surface area contributed by atoms with E-state index >= 15 is 0 Å². The van der Waals surface area contributed by atoms with E-state index in [1.807, 2.05) is 45.9 Å². The average molecular weight is 959 g/mol. The SMILES string of the molecule is CC[C@H]1OC(=O)C[C@H]2OC/C(=N/OCC=Cc3cccc(N)n3)COCCC(C[C@@H](C)C(=O)/C=C/C(C)=C/[C@@H]1CO[C@@H]1CC[C@@H](O)[C@@H](OC)[C@H]1OC)[C@H](O[C@@H]1O[C@H](C)[C@@H](O)[C@H](N(C)C)[C@H]1O)[C@H]2C. The second kappa shape index (κ2) is 27.1. The van der Waals surface area contributed by atoms with Crippen LogP contribution in [0.2, 0.25) is 0 Å². The summed E-state index contributed by atoms with van der Waals surface area (Å²) < 4.78 is 50.2. The smallest absolute Gasteiger partial charge is 0.308 e. The minimum atomic E-state index is -1.25. The van der Waals surface area contributed by atoms with Gasteiger partial charge in [-0.3, -0.25) is 9.59 Å². The van der Waals surface area contributed by atoms with Crippen molar-refractivity contribution in [2.75, 3.05) is 67.1 Å². The Bertz CT molecular complexity index is 1860. The first-order valence-electron chi connectivity index (χ1n) is 24.1. The van der Waals surface area contributed by atoms with E-state index in [-0.39, 0.29) is 51.2 Å². The second-order valence-corrected chi connectivity index (χ2v) is 18.9. The maximum Gasteiger partial charge on any atom is 0.308 e. The zero-order chi connectivity index (χ0) is 49.5. The number of nitrogens with two attached hydrogens (primary N) is 1. The van der Waals surface area contributed by atoms with E-state index in [0.717, 1.165) is 5.57 Å². The molecule has 4 heterocycles. The van der Waals surface area contributed by atoms with Gasteiger partial charge in [-0.1, -0.05) is 49.7 Å². The molecule has 382 valence electrons. The highest BCUT2D eigenvalue weighted by Crippen LogP contribution is 2.36. The van der Waals surface area contributed by atoms with Crippen molar-refractivity contribution in [1.29, 1.82) is 0 Å². The maximum absolute atomic E-state index is 14.4. The number of aliphatic hydroxyl groups excluding tert-OH is 3. The Kier molecular flexibility index (Phi) is 22.0. The number of ketones is 1. The van der Waals surface area contributed by atoms with Crippen molar-refractivity contribution >= 4 is 29.4 Å². The zero-order valence-corrected chi connectivity index (χ0v) is 41.4. The van der Waals surface area contributed by atoms with Crippen molar-refractivity contribution in [1.82, 2.24) is 9.88 Å². The number of anilines is 1. The van der Waals surface area contributed by atoms with Gasteiger partial charge in [-0.05, 0) is 96.3 Å². The van der Waals surface area contributed by atoms with E-state index in [0.29, 0.717) is 49.3 Å². The highest BCUT2D eigenvalue weighted by molar-refractivity contribution is 5.91. The number of carbonyl (C=O) groups is 2. The van der Waals surface area contributed by atoms with Crippen molar-refractivity contribution in [3.8, 4) is 0 Å². The van der Waals surface area contributed by atoms with Crippen molar-refractivity contribution in [2.24, 2.45) is 28.8 Å². The monoisotopic (exact) mass is 959 g/mol. The molecule has 4 aliphatic rings. The Morgan fingerprint density at radius 1 is 0.985 bits per heavy atom. The lowest BCUT2D eigenvalue weighted by Gasteiger charge is -2.47. The minimum Gasteiger partial charge on any atom is -0.462 e. The van der Waals surface area contributed by atoms with Crippen molar-refractivity contribution < 1.29 is 67.6 Å². The first kappa shape index (κ1) is 55.3. The van der Waals surface area contributed by atoms with E-state index in [1.165, 1.54) is 7.11 Å². The molecule has 1 unspecified atom stereocenters. The van der Waals surface area contributed by atoms with Crippen LogP contribution in [0.15, 0.2) is 53.2 Å². The van der Waals surface area contributed by atoms with E-state index < -0.39 is 97.1 Å². The van der Waals surface area contributed by atoms with Gasteiger partial charge in [-0.25, -0.2) is 4.98 Å². The predicted octanol–water partition coefficient (Wildman–Crippen LogP) is 3.90. The molecule has 68 heavy (non-hydrogen) atoms. The third kappa shape index (κ3) is 15.4. The number of aliphatic hydroxyl groups is 3. The number of nitrogen functional groups attached to an aromatic ring is 1. The fourth-order valence-electron chi connectivity index (χ4n) is 9.75. The summed E-state index contributed by atoms with van der Waals surface area (Å²) >= 11 is 0. The number of allylic oxidation sites excluding steroid dienone is 3. The van der Waals surface area contributed by atoms with Crippen LogP contribution in [0.1, 0.15) is 78.8 Å². The molecule has 2 saturated heterocycles. The summed E-state index contributed by atoms with van der Waals surface area (Å²) in [6.45, 7) is 9.88. The van der Waals surface area contributed by atoms with Crippen molar-refractivity contribution in [2.45, 2.75) is 147 Å². The quantitative estimate of drug-likeness (QED) is 0.125. The number of carbonyl (C=O) groups excluding carboxylic acids is 2. The third-order valence-electron chi connectivity index (χ3n) is 13.6. The Hall–Kier alpha value is -3.66. The Morgan fingerprint density at radius 3 is 2.46 bits per heavy atom. The largest absolute Gasteiger partial charge is 0.462 e. The molecule has 0 aromatic carbocycles. The fourth-order valence-corrected chi connectivity index (χ4v) is 9.75. The number of rotatable bonds is 13. The number of hydrogen-bond donors (Lipinski definition) is 4. The molecule has 1 aliphatic carbocycles. The van der Waals surface area contributed by atoms with Gasteiger partial charge in [0.2, 0.25) is 0 Å². The van der Waals surface area contributed by atoms with Crippen LogP contribution in [0.5, 0.6) is 0 Å². The molecule has 2 bridgehead atoms. The average Bonchev–Trinajstić information content (AvgIpc) is 3.32. The highest BCUT2D eigenvalue weighted by Gasteiger charge is 2.48. The highest BCUT2D eigenvalue weighted by atomic mass is 16.7. The Labute approximate surface area is 402 Å². The minimum absolute atomic E-state index is 0.0609. The van der Waals surface area contributed by atoms with Crippen LogP contribution in [0.25, 0.3) is 6.08 Å². The zero-order valence-electron chi connectivity index (χ0n) is 41.4. The van der Waals surface area contributed by atoms with Crippen LogP contribution < -0.4 is 5.73 Å². The molecule has 0 amide bonds. The topological polar surface area (TPSA) is 232 Å². The number of oxime groups is 1. The van der Waals surface area contributed by atoms with Gasteiger partial charge in [0.15, 0.2) is 12.1 Å². The molecule has 5 rings (SSSR count). The number of hydrogen-bond acceptors (Lipinski definition) is 18. The van der Waals surface area contributed by atoms with Gasteiger partial charge in [0.25, 0.3) is 0 Å². The number of fused-ring (bicyclic) bond motifs is 3. The number of methoxy groups -OCH3 is 2. The van der Waals surface area contributed by atoms with Gasteiger partial charge in [0.1, 0.15) is 42.6 Å². The molecule has 3 aliphatic heterocycles. The molecule has 3 fully saturated rings. The van der Waals surface area contributed by atoms with E-state index in [9.17, 15) is 24.9 Å². The summed E-state index contributed by atoms with van der Waals surface area (Å²) in [6.07, 6.45) is 2.38. The molecule has 18 nitrogen and oxygen atoms in total. The summed E-state index contributed by atoms with van der Waals surface area (Å²) in [7, 11) is 6.64. The summed E-state index contributed by atoms with van der Waals surface area (Å²) in [5, 5.41) is 37.8. The Balaban J connectivity index is 1.49. The molecule has 0 spiro atoms. The van der Waals surface area contributed by atoms with Crippen LogP contribution in [-0.2, 0) is 52.3 Å². The lowest BCUT2D eigenvalue weighted by molar-refractivity contribution is -0.305. The molecular weight excluding hydrogens is 881 g/mol. The van der Waals surface area contributed by atoms with Gasteiger partial charge in [0.05, 0.1) is 74.6 Å². The summed E-state index contributed by atoms with van der Waals surface area (Å²) in [6, 6.07) is 4.63. The predicted molar refractivity (Wildman–Crippen MR) is 254 cm³/mol. The summed E-state index contributed by atoms with van der Waals surface area (Å²) in [5.41, 5.74) is 7.72. The summed E-state index contributed by atoms with van der Waals surface area (Å²) in [4.78, 5) is 40.1.